The van der Waals surface area contributed by atoms with Crippen LogP contribution in [0.25, 0.3) is 0 Å². The molecular formula is C15H20N2O2. The Hall–Kier alpha value is -1.32. The summed E-state index contributed by atoms with van der Waals surface area (Å²) in [5.41, 5.74) is 2.21. The van der Waals surface area contributed by atoms with Gasteiger partial charge in [-0.25, -0.2) is 0 Å². The average molecular weight is 260 g/mol. The van der Waals surface area contributed by atoms with Gasteiger partial charge >= 0.3 is 0 Å². The fourth-order valence-corrected chi connectivity index (χ4v) is 3.38. The molecule has 1 aromatic heterocycles. The van der Waals surface area contributed by atoms with Crippen LogP contribution in [0.5, 0.6) is 0 Å². The predicted molar refractivity (Wildman–Crippen MR) is 69.9 cm³/mol. The van der Waals surface area contributed by atoms with Crippen LogP contribution in [0.1, 0.15) is 73.3 Å². The van der Waals surface area contributed by atoms with E-state index in [1.165, 1.54) is 31.9 Å². The SMILES string of the molecule is O=C(NC1CCC2(CC1)CC2)c1conc1C1CC1. The summed E-state index contributed by atoms with van der Waals surface area (Å²) in [7, 11) is 0. The number of aromatic nitrogens is 1. The summed E-state index contributed by atoms with van der Waals surface area (Å²) in [4.78, 5) is 12.3. The minimum atomic E-state index is 0.0138. The molecule has 4 heteroatoms. The van der Waals surface area contributed by atoms with Crippen LogP contribution in [0.3, 0.4) is 0 Å². The standard InChI is InChI=1S/C15H20N2O2/c18-14(12-9-19-17-13(12)10-1-2-10)16-11-3-5-15(6-4-11)7-8-15/h9-11H,1-8H2,(H,16,18). The van der Waals surface area contributed by atoms with Crippen molar-refractivity contribution in [3.8, 4) is 0 Å². The number of hydrogen-bond acceptors (Lipinski definition) is 3. The van der Waals surface area contributed by atoms with Crippen LogP contribution in [-0.4, -0.2) is 17.1 Å². The maximum atomic E-state index is 12.3. The van der Waals surface area contributed by atoms with Gasteiger partial charge in [0.15, 0.2) is 0 Å². The second-order valence-corrected chi connectivity index (χ2v) is 6.64. The smallest absolute Gasteiger partial charge is 0.256 e. The summed E-state index contributed by atoms with van der Waals surface area (Å²) in [5, 5.41) is 7.16. The molecule has 0 aromatic carbocycles. The van der Waals surface area contributed by atoms with Crippen LogP contribution >= 0.6 is 0 Å². The van der Waals surface area contributed by atoms with Gasteiger partial charge in [0.2, 0.25) is 0 Å². The van der Waals surface area contributed by atoms with Crippen molar-refractivity contribution >= 4 is 5.91 Å². The molecule has 0 unspecified atom stereocenters. The van der Waals surface area contributed by atoms with E-state index in [0.717, 1.165) is 31.4 Å². The van der Waals surface area contributed by atoms with Crippen molar-refractivity contribution in [2.24, 2.45) is 5.41 Å². The van der Waals surface area contributed by atoms with Crippen LogP contribution in [-0.2, 0) is 0 Å². The highest BCUT2D eigenvalue weighted by Gasteiger charge is 2.45. The van der Waals surface area contributed by atoms with Gasteiger partial charge in [-0.2, -0.15) is 0 Å². The van der Waals surface area contributed by atoms with Crippen molar-refractivity contribution in [1.82, 2.24) is 10.5 Å². The molecule has 3 aliphatic rings. The van der Waals surface area contributed by atoms with Gasteiger partial charge in [-0.1, -0.05) is 5.16 Å². The van der Waals surface area contributed by atoms with Gasteiger partial charge in [0.05, 0.1) is 5.69 Å². The molecule has 1 aromatic rings. The molecule has 1 N–H and O–H groups in total. The maximum Gasteiger partial charge on any atom is 0.256 e. The Morgan fingerprint density at radius 1 is 1.21 bits per heavy atom. The van der Waals surface area contributed by atoms with E-state index < -0.39 is 0 Å². The van der Waals surface area contributed by atoms with Crippen molar-refractivity contribution in [3.63, 3.8) is 0 Å². The third-order valence-corrected chi connectivity index (χ3v) is 5.14. The van der Waals surface area contributed by atoms with Crippen LogP contribution in [0.4, 0.5) is 0 Å². The van der Waals surface area contributed by atoms with E-state index in [4.69, 9.17) is 4.52 Å². The second-order valence-electron chi connectivity index (χ2n) is 6.64. The third kappa shape index (κ3) is 2.17. The summed E-state index contributed by atoms with van der Waals surface area (Å²) >= 11 is 0. The van der Waals surface area contributed by atoms with E-state index >= 15 is 0 Å². The third-order valence-electron chi connectivity index (χ3n) is 5.14. The molecule has 0 aliphatic heterocycles. The Labute approximate surface area is 112 Å². The Balaban J connectivity index is 1.39. The van der Waals surface area contributed by atoms with E-state index in [9.17, 15) is 4.79 Å². The molecule has 19 heavy (non-hydrogen) atoms. The van der Waals surface area contributed by atoms with Gasteiger partial charge in [-0.15, -0.1) is 0 Å². The van der Waals surface area contributed by atoms with E-state index in [2.05, 4.69) is 10.5 Å². The van der Waals surface area contributed by atoms with Gasteiger partial charge in [0.25, 0.3) is 5.91 Å². The van der Waals surface area contributed by atoms with Crippen LogP contribution < -0.4 is 5.32 Å². The molecular weight excluding hydrogens is 240 g/mol. The van der Waals surface area contributed by atoms with Gasteiger partial charge in [-0.05, 0) is 56.8 Å². The fraction of sp³-hybridized carbons (Fsp3) is 0.733. The lowest BCUT2D eigenvalue weighted by Crippen LogP contribution is -2.38. The van der Waals surface area contributed by atoms with Gasteiger partial charge < -0.3 is 9.84 Å². The lowest BCUT2D eigenvalue weighted by molar-refractivity contribution is 0.0918. The lowest BCUT2D eigenvalue weighted by Gasteiger charge is -2.28. The van der Waals surface area contributed by atoms with Crippen molar-refractivity contribution in [2.75, 3.05) is 0 Å². The van der Waals surface area contributed by atoms with E-state index in [1.807, 2.05) is 0 Å². The Morgan fingerprint density at radius 2 is 1.95 bits per heavy atom. The molecule has 0 bridgehead atoms. The molecule has 4 nitrogen and oxygen atoms in total. The summed E-state index contributed by atoms with van der Waals surface area (Å²) < 4.78 is 4.99. The molecule has 3 aliphatic carbocycles. The summed E-state index contributed by atoms with van der Waals surface area (Å²) in [6, 6.07) is 0.348. The number of nitrogens with one attached hydrogen (secondary N) is 1. The topological polar surface area (TPSA) is 55.1 Å². The van der Waals surface area contributed by atoms with E-state index in [0.29, 0.717) is 22.9 Å². The van der Waals surface area contributed by atoms with Crippen molar-refractivity contribution in [2.45, 2.75) is 63.3 Å². The fourth-order valence-electron chi connectivity index (χ4n) is 3.38. The second kappa shape index (κ2) is 4.09. The quantitative estimate of drug-likeness (QED) is 0.909. The van der Waals surface area contributed by atoms with Crippen LogP contribution in [0.2, 0.25) is 0 Å². The zero-order chi connectivity index (χ0) is 12.9. The van der Waals surface area contributed by atoms with Crippen LogP contribution in [0, 0.1) is 5.41 Å². The highest BCUT2D eigenvalue weighted by molar-refractivity contribution is 5.95. The predicted octanol–water partition coefficient (Wildman–Crippen LogP) is 3.00. The number of carbonyl (C=O) groups excluding carboxylic acids is 1. The summed E-state index contributed by atoms with van der Waals surface area (Å²) in [5.74, 6) is 0.473. The van der Waals surface area contributed by atoms with Gasteiger partial charge in [0.1, 0.15) is 11.8 Å². The number of nitrogens with zero attached hydrogens (tertiary/aromatic N) is 1. The molecule has 0 radical (unpaired) electrons. The first kappa shape index (κ1) is 11.5. The number of carbonyl (C=O) groups is 1. The minimum Gasteiger partial charge on any atom is -0.364 e. The van der Waals surface area contributed by atoms with Crippen molar-refractivity contribution in [3.05, 3.63) is 17.5 Å². The molecule has 1 spiro atoms. The first-order chi connectivity index (χ1) is 9.26. The van der Waals surface area contributed by atoms with Gasteiger partial charge in [-0.3, -0.25) is 4.79 Å². The molecule has 1 amide bonds. The van der Waals surface area contributed by atoms with Gasteiger partial charge in [0, 0.05) is 12.0 Å². The molecule has 102 valence electrons. The first-order valence-electron chi connectivity index (χ1n) is 7.51. The van der Waals surface area contributed by atoms with E-state index in [1.54, 1.807) is 0 Å². The Bertz CT molecular complexity index is 490. The zero-order valence-electron chi connectivity index (χ0n) is 11.2. The molecule has 4 rings (SSSR count). The minimum absolute atomic E-state index is 0.0138. The Kier molecular flexibility index (Phi) is 2.47. The van der Waals surface area contributed by atoms with Crippen molar-refractivity contribution < 1.29 is 9.32 Å². The largest absolute Gasteiger partial charge is 0.364 e. The van der Waals surface area contributed by atoms with Crippen LogP contribution in [0.15, 0.2) is 10.8 Å². The molecule has 3 saturated carbocycles. The molecule has 3 fully saturated rings. The lowest BCUT2D eigenvalue weighted by atomic mass is 9.83. The Morgan fingerprint density at radius 3 is 2.58 bits per heavy atom. The number of amides is 1. The summed E-state index contributed by atoms with van der Waals surface area (Å²) in [6.07, 6.45) is 11.4. The maximum absolute atomic E-state index is 12.3. The number of rotatable bonds is 3. The van der Waals surface area contributed by atoms with Crippen molar-refractivity contribution in [1.29, 1.82) is 0 Å². The molecule has 0 atom stereocenters. The molecule has 1 heterocycles. The highest BCUT2D eigenvalue weighted by Crippen LogP contribution is 2.56. The normalized spacial score (nSPS) is 25.5. The monoisotopic (exact) mass is 260 g/mol. The first-order valence-corrected chi connectivity index (χ1v) is 7.51. The highest BCUT2D eigenvalue weighted by atomic mass is 16.5. The zero-order valence-corrected chi connectivity index (χ0v) is 11.2. The molecule has 0 saturated heterocycles. The average Bonchev–Trinajstić information content (AvgIpc) is 3.34. The summed E-state index contributed by atoms with van der Waals surface area (Å²) in [6.45, 7) is 0. The number of hydrogen-bond donors (Lipinski definition) is 1. The van der Waals surface area contributed by atoms with E-state index in [-0.39, 0.29) is 5.91 Å².